The van der Waals surface area contributed by atoms with E-state index in [1.54, 1.807) is 0 Å². The Kier molecular flexibility index (Phi) is 6.58. The quantitative estimate of drug-likeness (QED) is 0.286. The number of carbonyl (C=O) groups excluding carboxylic acids is 2. The number of nitrogens with one attached hydrogen (secondary N) is 2. The lowest BCUT2D eigenvalue weighted by atomic mass is 10.2. The summed E-state index contributed by atoms with van der Waals surface area (Å²) in [4.78, 5) is 33.3. The fourth-order valence-electron chi connectivity index (χ4n) is 1.27. The number of carbonyl (C=O) groups is 3. The molecule has 0 unspecified atom stereocenters. The number of nitrogens with two attached hydrogens (primary N) is 1. The van der Waals surface area contributed by atoms with Gasteiger partial charge in [0.25, 0.3) is 0 Å². The second-order valence-electron chi connectivity index (χ2n) is 3.74. The maximum atomic E-state index is 11.1. The minimum atomic E-state index is -1.08. The average molecular weight is 258 g/mol. The highest BCUT2D eigenvalue weighted by Gasteiger charge is 2.18. The standard InChI is InChI=1S/C10H18N4O4/c1-6(15)14(7(2)16)10(12)13-5-3-4-8(11)9(17)18/h8H,3-5,11H2,1-2H3,(H2,12,13)(H,17,18)/t8-/m0/s1. The van der Waals surface area contributed by atoms with Crippen LogP contribution in [0.1, 0.15) is 26.7 Å². The minimum Gasteiger partial charge on any atom is -0.480 e. The first-order chi connectivity index (χ1) is 8.27. The fourth-order valence-corrected chi connectivity index (χ4v) is 1.27. The molecule has 1 atom stereocenters. The number of rotatable bonds is 5. The zero-order valence-corrected chi connectivity index (χ0v) is 10.4. The van der Waals surface area contributed by atoms with E-state index in [1.165, 1.54) is 13.8 Å². The summed E-state index contributed by atoms with van der Waals surface area (Å²) in [7, 11) is 0. The molecule has 0 saturated carbocycles. The van der Waals surface area contributed by atoms with Gasteiger partial charge in [0.05, 0.1) is 0 Å². The predicted octanol–water partition coefficient (Wildman–Crippen LogP) is -0.902. The Labute approximate surface area is 105 Å². The van der Waals surface area contributed by atoms with E-state index in [2.05, 4.69) is 5.32 Å². The molecule has 0 radical (unpaired) electrons. The fraction of sp³-hybridized carbons (Fsp3) is 0.600. The van der Waals surface area contributed by atoms with E-state index in [4.69, 9.17) is 16.2 Å². The zero-order chi connectivity index (χ0) is 14.3. The lowest BCUT2D eigenvalue weighted by Crippen LogP contribution is -2.46. The van der Waals surface area contributed by atoms with Crippen molar-refractivity contribution in [3.05, 3.63) is 0 Å². The first kappa shape index (κ1) is 16.0. The average Bonchev–Trinajstić information content (AvgIpc) is 2.22. The Morgan fingerprint density at radius 2 is 1.83 bits per heavy atom. The number of aliphatic carboxylic acids is 1. The third-order valence-electron chi connectivity index (χ3n) is 2.15. The second kappa shape index (κ2) is 7.38. The highest BCUT2D eigenvalue weighted by molar-refractivity contribution is 6.09. The van der Waals surface area contributed by atoms with Gasteiger partial charge in [0.2, 0.25) is 17.8 Å². The van der Waals surface area contributed by atoms with Crippen molar-refractivity contribution in [2.24, 2.45) is 5.73 Å². The topological polar surface area (TPSA) is 137 Å². The van der Waals surface area contributed by atoms with Gasteiger partial charge in [0.1, 0.15) is 6.04 Å². The molecule has 0 bridgehead atoms. The summed E-state index contributed by atoms with van der Waals surface area (Å²) in [5, 5.41) is 18.6. The molecule has 2 amide bonds. The Bertz CT molecular complexity index is 342. The number of carboxylic acid groups (broad SMARTS) is 1. The summed E-state index contributed by atoms with van der Waals surface area (Å²) >= 11 is 0. The highest BCUT2D eigenvalue weighted by atomic mass is 16.4. The van der Waals surface area contributed by atoms with Gasteiger partial charge in [0, 0.05) is 20.4 Å². The van der Waals surface area contributed by atoms with Crippen LogP contribution in [0.3, 0.4) is 0 Å². The number of guanidine groups is 1. The minimum absolute atomic E-state index is 0.246. The van der Waals surface area contributed by atoms with Crippen molar-refractivity contribution in [1.82, 2.24) is 10.2 Å². The summed E-state index contributed by atoms with van der Waals surface area (Å²) in [6.07, 6.45) is 0.662. The number of nitrogens with zero attached hydrogens (tertiary/aromatic N) is 1. The van der Waals surface area contributed by atoms with Crippen LogP contribution in [0.15, 0.2) is 0 Å². The molecule has 18 heavy (non-hydrogen) atoms. The molecule has 0 aromatic carbocycles. The Hall–Kier alpha value is -1.96. The smallest absolute Gasteiger partial charge is 0.320 e. The van der Waals surface area contributed by atoms with E-state index in [-0.39, 0.29) is 18.9 Å². The second-order valence-corrected chi connectivity index (χ2v) is 3.74. The number of carboxylic acids is 1. The Morgan fingerprint density at radius 1 is 1.33 bits per heavy atom. The van der Waals surface area contributed by atoms with Gasteiger partial charge in [-0.15, -0.1) is 0 Å². The van der Waals surface area contributed by atoms with Gasteiger partial charge in [-0.1, -0.05) is 0 Å². The van der Waals surface area contributed by atoms with E-state index < -0.39 is 23.8 Å². The molecule has 8 nitrogen and oxygen atoms in total. The SMILES string of the molecule is CC(=O)N(C(=N)NCCC[C@H](N)C(=O)O)C(C)=O. The van der Waals surface area contributed by atoms with Gasteiger partial charge in [-0.25, -0.2) is 4.90 Å². The molecule has 0 heterocycles. The van der Waals surface area contributed by atoms with E-state index in [9.17, 15) is 14.4 Å². The molecule has 0 fully saturated rings. The van der Waals surface area contributed by atoms with Gasteiger partial charge >= 0.3 is 5.97 Å². The van der Waals surface area contributed by atoms with Crippen LogP contribution >= 0.6 is 0 Å². The third-order valence-corrected chi connectivity index (χ3v) is 2.15. The molecule has 0 rings (SSSR count). The van der Waals surface area contributed by atoms with Crippen LogP contribution in [0.4, 0.5) is 0 Å². The van der Waals surface area contributed by atoms with Crippen LogP contribution in [0, 0.1) is 5.41 Å². The Morgan fingerprint density at radius 3 is 2.22 bits per heavy atom. The van der Waals surface area contributed by atoms with Crippen molar-refractivity contribution in [2.45, 2.75) is 32.7 Å². The molecule has 102 valence electrons. The molecule has 0 aliphatic heterocycles. The molecule has 5 N–H and O–H groups in total. The molecule has 0 aromatic heterocycles. The van der Waals surface area contributed by atoms with Crippen molar-refractivity contribution in [2.75, 3.05) is 6.54 Å². The summed E-state index contributed by atoms with van der Waals surface area (Å²) in [6.45, 7) is 2.62. The van der Waals surface area contributed by atoms with Crippen LogP contribution in [-0.4, -0.2) is 46.3 Å². The van der Waals surface area contributed by atoms with Crippen LogP contribution in [0.25, 0.3) is 0 Å². The normalized spacial score (nSPS) is 11.5. The van der Waals surface area contributed by atoms with Crippen LogP contribution in [0.2, 0.25) is 0 Å². The van der Waals surface area contributed by atoms with Crippen LogP contribution < -0.4 is 11.1 Å². The summed E-state index contributed by atoms with van der Waals surface area (Å²) < 4.78 is 0. The number of amides is 2. The molecule has 0 aliphatic carbocycles. The lowest BCUT2D eigenvalue weighted by Gasteiger charge is -2.18. The summed E-state index contributed by atoms with van der Waals surface area (Å²) in [5.74, 6) is -2.51. The first-order valence-electron chi connectivity index (χ1n) is 5.39. The lowest BCUT2D eigenvalue weighted by molar-refractivity contribution is -0.139. The summed E-state index contributed by atoms with van der Waals surface area (Å²) in [6, 6.07) is -0.947. The van der Waals surface area contributed by atoms with Gasteiger partial charge in [-0.3, -0.25) is 19.8 Å². The van der Waals surface area contributed by atoms with Gasteiger partial charge in [0.15, 0.2) is 0 Å². The van der Waals surface area contributed by atoms with Gasteiger partial charge in [-0.2, -0.15) is 0 Å². The molecule has 8 heteroatoms. The van der Waals surface area contributed by atoms with Crippen molar-refractivity contribution in [3.63, 3.8) is 0 Å². The maximum Gasteiger partial charge on any atom is 0.320 e. The number of hydrogen-bond donors (Lipinski definition) is 4. The van der Waals surface area contributed by atoms with Crippen molar-refractivity contribution in [1.29, 1.82) is 5.41 Å². The van der Waals surface area contributed by atoms with Crippen LogP contribution in [0.5, 0.6) is 0 Å². The third kappa shape index (κ3) is 5.39. The van der Waals surface area contributed by atoms with Crippen molar-refractivity contribution in [3.8, 4) is 0 Å². The first-order valence-corrected chi connectivity index (χ1v) is 5.39. The Balaban J connectivity index is 4.07. The molecular weight excluding hydrogens is 240 g/mol. The maximum absolute atomic E-state index is 11.1. The van der Waals surface area contributed by atoms with E-state index in [0.29, 0.717) is 11.3 Å². The van der Waals surface area contributed by atoms with Crippen molar-refractivity contribution < 1.29 is 19.5 Å². The zero-order valence-electron chi connectivity index (χ0n) is 10.4. The number of imide groups is 1. The molecule has 0 spiro atoms. The van der Waals surface area contributed by atoms with Crippen LogP contribution in [-0.2, 0) is 14.4 Å². The highest BCUT2D eigenvalue weighted by Crippen LogP contribution is 1.95. The monoisotopic (exact) mass is 258 g/mol. The van der Waals surface area contributed by atoms with Gasteiger partial charge < -0.3 is 16.2 Å². The number of hydrogen-bond acceptors (Lipinski definition) is 5. The van der Waals surface area contributed by atoms with Gasteiger partial charge in [-0.05, 0) is 12.8 Å². The van der Waals surface area contributed by atoms with E-state index in [1.807, 2.05) is 0 Å². The molecule has 0 saturated heterocycles. The largest absolute Gasteiger partial charge is 0.480 e. The molecule has 0 aromatic rings. The molecule has 0 aliphatic rings. The summed E-state index contributed by atoms with van der Waals surface area (Å²) in [5.41, 5.74) is 5.29. The predicted molar refractivity (Wildman–Crippen MR) is 63.8 cm³/mol. The van der Waals surface area contributed by atoms with E-state index in [0.717, 1.165) is 0 Å². The van der Waals surface area contributed by atoms with Crippen molar-refractivity contribution >= 4 is 23.7 Å². The van der Waals surface area contributed by atoms with E-state index >= 15 is 0 Å². The molecular formula is C10H18N4O4.